The van der Waals surface area contributed by atoms with Gasteiger partial charge in [-0.25, -0.2) is 5.84 Å². The molecular formula is C11H18N2O. The fraction of sp³-hybridized carbons (Fsp3) is 0.455. The highest BCUT2D eigenvalue weighted by Crippen LogP contribution is 2.18. The molecule has 0 unspecified atom stereocenters. The number of benzene rings is 1. The first-order valence-corrected chi connectivity index (χ1v) is 4.73. The Balaban J connectivity index is 2.64. The minimum Gasteiger partial charge on any atom is -0.396 e. The number of hydrazine groups is 1. The van der Waals surface area contributed by atoms with Crippen molar-refractivity contribution >= 4 is 5.69 Å². The molecule has 1 aromatic carbocycles. The summed E-state index contributed by atoms with van der Waals surface area (Å²) >= 11 is 0. The lowest BCUT2D eigenvalue weighted by Gasteiger charge is -2.29. The van der Waals surface area contributed by atoms with Crippen LogP contribution in [0.15, 0.2) is 30.3 Å². The summed E-state index contributed by atoms with van der Waals surface area (Å²) in [4.78, 5) is 0. The minimum atomic E-state index is -0.176. The molecule has 0 aromatic heterocycles. The molecule has 0 heterocycles. The van der Waals surface area contributed by atoms with Crippen LogP contribution in [0, 0.1) is 5.41 Å². The van der Waals surface area contributed by atoms with Gasteiger partial charge in [-0.15, -0.1) is 0 Å². The van der Waals surface area contributed by atoms with Gasteiger partial charge in [0.2, 0.25) is 0 Å². The number of aliphatic hydroxyl groups is 1. The molecule has 0 aliphatic rings. The largest absolute Gasteiger partial charge is 0.396 e. The van der Waals surface area contributed by atoms with Crippen molar-refractivity contribution in [2.45, 2.75) is 13.8 Å². The third-order valence-electron chi connectivity index (χ3n) is 2.11. The Kier molecular flexibility index (Phi) is 3.49. The van der Waals surface area contributed by atoms with E-state index < -0.39 is 0 Å². The predicted molar refractivity (Wildman–Crippen MR) is 58.8 cm³/mol. The zero-order valence-electron chi connectivity index (χ0n) is 8.77. The summed E-state index contributed by atoms with van der Waals surface area (Å²) < 4.78 is 0. The van der Waals surface area contributed by atoms with Crippen molar-refractivity contribution in [1.29, 1.82) is 0 Å². The average Bonchev–Trinajstić information content (AvgIpc) is 2.19. The highest BCUT2D eigenvalue weighted by molar-refractivity contribution is 5.44. The zero-order chi connectivity index (χ0) is 10.6. The number of rotatable bonds is 4. The molecule has 0 radical (unpaired) electrons. The van der Waals surface area contributed by atoms with Crippen LogP contribution in [0.3, 0.4) is 0 Å². The summed E-state index contributed by atoms with van der Waals surface area (Å²) in [6, 6.07) is 9.75. The van der Waals surface area contributed by atoms with Crippen molar-refractivity contribution in [2.24, 2.45) is 11.3 Å². The van der Waals surface area contributed by atoms with E-state index in [0.717, 1.165) is 5.69 Å². The van der Waals surface area contributed by atoms with Crippen LogP contribution in [0.4, 0.5) is 5.69 Å². The van der Waals surface area contributed by atoms with Crippen molar-refractivity contribution in [3.05, 3.63) is 30.3 Å². The maximum absolute atomic E-state index is 9.11. The normalized spacial score (nSPS) is 11.4. The van der Waals surface area contributed by atoms with Crippen molar-refractivity contribution in [3.8, 4) is 0 Å². The second kappa shape index (κ2) is 4.44. The standard InChI is InChI=1S/C11H18N2O/c1-11(2,9-14)8-13(12)10-6-4-3-5-7-10/h3-7,14H,8-9,12H2,1-2H3. The number of anilines is 1. The van der Waals surface area contributed by atoms with Gasteiger partial charge in [0.25, 0.3) is 0 Å². The number of aliphatic hydroxyl groups excluding tert-OH is 1. The van der Waals surface area contributed by atoms with Gasteiger partial charge in [0, 0.05) is 18.6 Å². The Labute approximate surface area is 85.1 Å². The minimum absolute atomic E-state index is 0.132. The number of hydrogen-bond donors (Lipinski definition) is 2. The summed E-state index contributed by atoms with van der Waals surface area (Å²) in [5.74, 6) is 5.88. The van der Waals surface area contributed by atoms with E-state index in [1.165, 1.54) is 0 Å². The molecule has 0 bridgehead atoms. The smallest absolute Gasteiger partial charge is 0.0517 e. The van der Waals surface area contributed by atoms with Crippen molar-refractivity contribution in [1.82, 2.24) is 0 Å². The van der Waals surface area contributed by atoms with Crippen LogP contribution in [0.25, 0.3) is 0 Å². The summed E-state index contributed by atoms with van der Waals surface area (Å²) in [5.41, 5.74) is 0.791. The third kappa shape index (κ3) is 3.01. The fourth-order valence-electron chi connectivity index (χ4n) is 1.22. The highest BCUT2D eigenvalue weighted by atomic mass is 16.3. The number of hydrogen-bond acceptors (Lipinski definition) is 3. The Bertz CT molecular complexity index is 272. The Hall–Kier alpha value is -1.06. The van der Waals surface area contributed by atoms with Crippen LogP contribution in [0.1, 0.15) is 13.8 Å². The van der Waals surface area contributed by atoms with Gasteiger partial charge in [-0.2, -0.15) is 0 Å². The Morgan fingerprint density at radius 3 is 2.36 bits per heavy atom. The van der Waals surface area contributed by atoms with Crippen molar-refractivity contribution in [3.63, 3.8) is 0 Å². The quantitative estimate of drug-likeness (QED) is 0.562. The average molecular weight is 194 g/mol. The molecule has 0 aliphatic heterocycles. The lowest BCUT2D eigenvalue weighted by Crippen LogP contribution is -2.41. The van der Waals surface area contributed by atoms with E-state index in [4.69, 9.17) is 10.9 Å². The summed E-state index contributed by atoms with van der Waals surface area (Å²) in [6.07, 6.45) is 0. The van der Waals surface area contributed by atoms with Gasteiger partial charge < -0.3 is 10.1 Å². The first-order valence-electron chi connectivity index (χ1n) is 4.73. The molecular weight excluding hydrogens is 176 g/mol. The second-order valence-corrected chi connectivity index (χ2v) is 4.29. The molecule has 0 amide bonds. The molecule has 3 heteroatoms. The summed E-state index contributed by atoms with van der Waals surface area (Å²) in [5, 5.41) is 10.8. The van der Waals surface area contributed by atoms with E-state index in [1.807, 2.05) is 44.2 Å². The van der Waals surface area contributed by atoms with Gasteiger partial charge in [0.05, 0.1) is 5.69 Å². The molecule has 78 valence electrons. The van der Waals surface area contributed by atoms with E-state index in [-0.39, 0.29) is 12.0 Å². The zero-order valence-corrected chi connectivity index (χ0v) is 8.77. The van der Waals surface area contributed by atoms with Gasteiger partial charge in [0.15, 0.2) is 0 Å². The first-order chi connectivity index (χ1) is 6.55. The van der Waals surface area contributed by atoms with Crippen LogP contribution in [0.2, 0.25) is 0 Å². The van der Waals surface area contributed by atoms with Crippen LogP contribution >= 0.6 is 0 Å². The molecule has 0 atom stereocenters. The van der Waals surface area contributed by atoms with Gasteiger partial charge in [0.1, 0.15) is 0 Å². The second-order valence-electron chi connectivity index (χ2n) is 4.29. The number of nitrogens with zero attached hydrogens (tertiary/aromatic N) is 1. The SMILES string of the molecule is CC(C)(CO)CN(N)c1ccccc1. The van der Waals surface area contributed by atoms with Crippen LogP contribution in [-0.2, 0) is 0 Å². The van der Waals surface area contributed by atoms with Gasteiger partial charge in [-0.1, -0.05) is 32.0 Å². The topological polar surface area (TPSA) is 49.5 Å². The highest BCUT2D eigenvalue weighted by Gasteiger charge is 2.19. The lowest BCUT2D eigenvalue weighted by atomic mass is 9.94. The van der Waals surface area contributed by atoms with E-state index >= 15 is 0 Å². The third-order valence-corrected chi connectivity index (χ3v) is 2.11. The monoisotopic (exact) mass is 194 g/mol. The van der Waals surface area contributed by atoms with Crippen molar-refractivity contribution < 1.29 is 5.11 Å². The molecule has 3 N–H and O–H groups in total. The van der Waals surface area contributed by atoms with Crippen LogP contribution in [-0.4, -0.2) is 18.3 Å². The van der Waals surface area contributed by atoms with E-state index in [2.05, 4.69) is 0 Å². The van der Waals surface area contributed by atoms with Gasteiger partial charge in [-0.3, -0.25) is 0 Å². The molecule has 0 saturated carbocycles. The Morgan fingerprint density at radius 2 is 1.86 bits per heavy atom. The van der Waals surface area contributed by atoms with Crippen LogP contribution in [0.5, 0.6) is 0 Å². The van der Waals surface area contributed by atoms with Gasteiger partial charge >= 0.3 is 0 Å². The molecule has 3 nitrogen and oxygen atoms in total. The maximum atomic E-state index is 9.11. The fourth-order valence-corrected chi connectivity index (χ4v) is 1.22. The molecule has 0 fully saturated rings. The number of nitrogens with two attached hydrogens (primary N) is 1. The number of para-hydroxylation sites is 1. The van der Waals surface area contributed by atoms with Gasteiger partial charge in [-0.05, 0) is 12.1 Å². The molecule has 0 aliphatic carbocycles. The molecule has 14 heavy (non-hydrogen) atoms. The lowest BCUT2D eigenvalue weighted by molar-refractivity contribution is 0.164. The van der Waals surface area contributed by atoms with Crippen LogP contribution < -0.4 is 10.9 Å². The first kappa shape index (κ1) is 11.0. The van der Waals surface area contributed by atoms with E-state index in [9.17, 15) is 0 Å². The van der Waals surface area contributed by atoms with Crippen molar-refractivity contribution in [2.75, 3.05) is 18.2 Å². The summed E-state index contributed by atoms with van der Waals surface area (Å²) in [7, 11) is 0. The Morgan fingerprint density at radius 1 is 1.29 bits per heavy atom. The molecule has 0 spiro atoms. The summed E-state index contributed by atoms with van der Waals surface area (Å²) in [6.45, 7) is 4.73. The molecule has 1 aromatic rings. The molecule has 1 rings (SSSR count). The van der Waals surface area contributed by atoms with E-state index in [0.29, 0.717) is 6.54 Å². The van der Waals surface area contributed by atoms with E-state index in [1.54, 1.807) is 5.01 Å². The molecule has 0 saturated heterocycles. The predicted octanol–water partition coefficient (Wildman–Crippen LogP) is 1.39. The maximum Gasteiger partial charge on any atom is 0.0517 e.